The first kappa shape index (κ1) is 17.2. The number of para-hydroxylation sites is 1. The summed E-state index contributed by atoms with van der Waals surface area (Å²) in [5.41, 5.74) is 6.57. The van der Waals surface area contributed by atoms with E-state index in [9.17, 15) is 4.79 Å². The number of imidazole rings is 1. The van der Waals surface area contributed by atoms with Crippen LogP contribution in [-0.4, -0.2) is 21.3 Å². The lowest BCUT2D eigenvalue weighted by Gasteiger charge is -2.22. The second-order valence-corrected chi connectivity index (χ2v) is 8.33. The van der Waals surface area contributed by atoms with Gasteiger partial charge in [-0.15, -0.1) is 11.3 Å². The molecule has 28 heavy (non-hydrogen) atoms. The molecule has 4 nitrogen and oxygen atoms in total. The van der Waals surface area contributed by atoms with E-state index in [1.807, 2.05) is 34.7 Å². The minimum absolute atomic E-state index is 0.141. The smallest absolute Gasteiger partial charge is 0.233 e. The number of anilines is 1. The third kappa shape index (κ3) is 2.83. The van der Waals surface area contributed by atoms with Crippen molar-refractivity contribution in [1.82, 2.24) is 9.38 Å². The van der Waals surface area contributed by atoms with Gasteiger partial charge in [0, 0.05) is 34.6 Å². The van der Waals surface area contributed by atoms with Crippen LogP contribution in [-0.2, 0) is 17.6 Å². The number of thiazole rings is 1. The van der Waals surface area contributed by atoms with Crippen LogP contribution in [0.4, 0.5) is 5.69 Å². The summed E-state index contributed by atoms with van der Waals surface area (Å²) in [6, 6.07) is 16.8. The Morgan fingerprint density at radius 1 is 1.18 bits per heavy atom. The molecule has 5 heteroatoms. The molecule has 0 radical (unpaired) electrons. The average Bonchev–Trinajstić information content (AvgIpc) is 3.35. The molecule has 1 aliphatic heterocycles. The third-order valence-electron chi connectivity index (χ3n) is 5.44. The molecule has 3 heterocycles. The molecule has 1 amide bonds. The van der Waals surface area contributed by atoms with Gasteiger partial charge in [0.15, 0.2) is 4.96 Å². The van der Waals surface area contributed by atoms with Gasteiger partial charge in [-0.05, 0) is 31.9 Å². The Balaban J connectivity index is 1.44. The second-order valence-electron chi connectivity index (χ2n) is 7.49. The normalized spacial score (nSPS) is 15.9. The first-order chi connectivity index (χ1) is 13.6. The lowest BCUT2D eigenvalue weighted by molar-refractivity contribution is -0.118. The monoisotopic (exact) mass is 387 g/mol. The molecule has 1 atom stereocenters. The maximum Gasteiger partial charge on any atom is 0.233 e. The second kappa shape index (κ2) is 6.60. The van der Waals surface area contributed by atoms with E-state index in [2.05, 4.69) is 48.6 Å². The molecule has 2 aromatic heterocycles. The summed E-state index contributed by atoms with van der Waals surface area (Å²) in [5, 5.41) is 2.05. The van der Waals surface area contributed by atoms with Crippen molar-refractivity contribution < 1.29 is 4.79 Å². The van der Waals surface area contributed by atoms with Crippen LogP contribution in [0.25, 0.3) is 16.2 Å². The number of benzene rings is 2. The third-order valence-corrected chi connectivity index (χ3v) is 6.33. The van der Waals surface area contributed by atoms with Gasteiger partial charge in [0.1, 0.15) is 0 Å². The van der Waals surface area contributed by atoms with Gasteiger partial charge in [-0.3, -0.25) is 9.20 Å². The van der Waals surface area contributed by atoms with Gasteiger partial charge in [0.05, 0.1) is 12.1 Å². The summed E-state index contributed by atoms with van der Waals surface area (Å²) in [5.74, 6) is 0.141. The predicted octanol–water partition coefficient (Wildman–Crippen LogP) is 4.89. The first-order valence-electron chi connectivity index (χ1n) is 9.52. The highest BCUT2D eigenvalue weighted by Gasteiger charge is 2.30. The fourth-order valence-electron chi connectivity index (χ4n) is 4.01. The van der Waals surface area contributed by atoms with Gasteiger partial charge in [-0.25, -0.2) is 4.98 Å². The molecule has 0 fully saturated rings. The van der Waals surface area contributed by atoms with Crippen LogP contribution in [0.5, 0.6) is 0 Å². The van der Waals surface area contributed by atoms with E-state index in [0.29, 0.717) is 6.42 Å². The average molecular weight is 388 g/mol. The molecule has 0 saturated heterocycles. The van der Waals surface area contributed by atoms with Crippen molar-refractivity contribution in [3.05, 3.63) is 76.9 Å². The predicted molar refractivity (Wildman–Crippen MR) is 114 cm³/mol. The molecule has 5 rings (SSSR count). The van der Waals surface area contributed by atoms with Crippen LogP contribution in [0.1, 0.15) is 23.7 Å². The van der Waals surface area contributed by atoms with Crippen molar-refractivity contribution in [3.63, 3.8) is 0 Å². The van der Waals surface area contributed by atoms with Crippen LogP contribution in [0.2, 0.25) is 0 Å². The molecule has 0 N–H and O–H groups in total. The number of amides is 1. The SMILES string of the molecule is Cc1ccc(-c2cn3c(CC(=O)N4c5ccccc5CC4C)csc3n2)cc1. The molecular weight excluding hydrogens is 366 g/mol. The number of aromatic nitrogens is 2. The van der Waals surface area contributed by atoms with Gasteiger partial charge < -0.3 is 4.90 Å². The Bertz CT molecular complexity index is 1170. The number of hydrogen-bond acceptors (Lipinski definition) is 3. The van der Waals surface area contributed by atoms with Crippen LogP contribution < -0.4 is 4.90 Å². The number of hydrogen-bond donors (Lipinski definition) is 0. The van der Waals surface area contributed by atoms with Gasteiger partial charge in [0.2, 0.25) is 5.91 Å². The number of aryl methyl sites for hydroxylation is 1. The first-order valence-corrected chi connectivity index (χ1v) is 10.4. The van der Waals surface area contributed by atoms with Gasteiger partial charge in [-0.2, -0.15) is 0 Å². The largest absolute Gasteiger partial charge is 0.309 e. The highest BCUT2D eigenvalue weighted by Crippen LogP contribution is 2.33. The fraction of sp³-hybridized carbons (Fsp3) is 0.217. The maximum absolute atomic E-state index is 13.1. The molecule has 140 valence electrons. The molecule has 0 saturated carbocycles. The van der Waals surface area contributed by atoms with E-state index in [1.165, 1.54) is 11.1 Å². The zero-order valence-electron chi connectivity index (χ0n) is 15.9. The van der Waals surface area contributed by atoms with E-state index >= 15 is 0 Å². The molecule has 1 unspecified atom stereocenters. The number of nitrogens with zero attached hydrogens (tertiary/aromatic N) is 3. The van der Waals surface area contributed by atoms with Gasteiger partial charge in [-0.1, -0.05) is 48.0 Å². The summed E-state index contributed by atoms with van der Waals surface area (Å²) in [4.78, 5) is 20.8. The highest BCUT2D eigenvalue weighted by molar-refractivity contribution is 7.15. The van der Waals surface area contributed by atoms with Crippen molar-refractivity contribution in [2.75, 3.05) is 4.90 Å². The summed E-state index contributed by atoms with van der Waals surface area (Å²) in [6.07, 6.45) is 3.34. The zero-order valence-corrected chi connectivity index (χ0v) is 16.7. The number of carbonyl (C=O) groups excluding carboxylic acids is 1. The van der Waals surface area contributed by atoms with E-state index in [4.69, 9.17) is 4.98 Å². The number of carbonyl (C=O) groups is 1. The molecule has 0 aliphatic carbocycles. The molecular formula is C23H21N3OS. The van der Waals surface area contributed by atoms with Crippen molar-refractivity contribution in [2.24, 2.45) is 0 Å². The van der Waals surface area contributed by atoms with E-state index in [1.54, 1.807) is 11.3 Å². The lowest BCUT2D eigenvalue weighted by Crippen LogP contribution is -2.37. The van der Waals surface area contributed by atoms with Gasteiger partial charge >= 0.3 is 0 Å². The summed E-state index contributed by atoms with van der Waals surface area (Å²) >= 11 is 1.58. The van der Waals surface area contributed by atoms with Crippen LogP contribution in [0, 0.1) is 6.92 Å². The topological polar surface area (TPSA) is 37.6 Å². The minimum atomic E-state index is 0.141. The Kier molecular flexibility index (Phi) is 4.05. The van der Waals surface area contributed by atoms with Crippen molar-refractivity contribution in [2.45, 2.75) is 32.7 Å². The summed E-state index contributed by atoms with van der Waals surface area (Å²) in [6.45, 7) is 4.20. The Labute approximate surface area is 168 Å². The highest BCUT2D eigenvalue weighted by atomic mass is 32.1. The van der Waals surface area contributed by atoms with Crippen molar-refractivity contribution >= 4 is 27.9 Å². The summed E-state index contributed by atoms with van der Waals surface area (Å²) < 4.78 is 2.06. The quantitative estimate of drug-likeness (QED) is 0.502. The maximum atomic E-state index is 13.1. The minimum Gasteiger partial charge on any atom is -0.309 e. The molecule has 4 aromatic rings. The van der Waals surface area contributed by atoms with E-state index in [0.717, 1.165) is 34.0 Å². The molecule has 0 spiro atoms. The van der Waals surface area contributed by atoms with Crippen molar-refractivity contribution in [1.29, 1.82) is 0 Å². The zero-order chi connectivity index (χ0) is 19.3. The number of fused-ring (bicyclic) bond motifs is 2. The fourth-order valence-corrected chi connectivity index (χ4v) is 4.88. The van der Waals surface area contributed by atoms with Gasteiger partial charge in [0.25, 0.3) is 0 Å². The Hall–Kier alpha value is -2.92. The van der Waals surface area contributed by atoms with Crippen LogP contribution in [0.3, 0.4) is 0 Å². The molecule has 0 bridgehead atoms. The number of rotatable bonds is 3. The Morgan fingerprint density at radius 2 is 1.96 bits per heavy atom. The standard InChI is InChI=1S/C23H21N3OS/c1-15-7-9-17(10-8-15)20-13-25-19(14-28-23(25)24-20)12-22(27)26-16(2)11-18-5-3-4-6-21(18)26/h3-10,13-14,16H,11-12H2,1-2H3. The van der Waals surface area contributed by atoms with Crippen LogP contribution in [0.15, 0.2) is 60.1 Å². The van der Waals surface area contributed by atoms with Crippen LogP contribution >= 0.6 is 11.3 Å². The van der Waals surface area contributed by atoms with E-state index < -0.39 is 0 Å². The Morgan fingerprint density at radius 3 is 2.79 bits per heavy atom. The van der Waals surface area contributed by atoms with Crippen molar-refractivity contribution in [3.8, 4) is 11.3 Å². The molecule has 2 aromatic carbocycles. The van der Waals surface area contributed by atoms with E-state index in [-0.39, 0.29) is 11.9 Å². The summed E-state index contributed by atoms with van der Waals surface area (Å²) in [7, 11) is 0. The lowest BCUT2D eigenvalue weighted by atomic mass is 10.1. The molecule has 1 aliphatic rings.